The highest BCUT2D eigenvalue weighted by molar-refractivity contribution is 4.96. The van der Waals surface area contributed by atoms with Crippen molar-refractivity contribution in [2.45, 2.75) is 19.3 Å². The molecule has 0 bridgehead atoms. The summed E-state index contributed by atoms with van der Waals surface area (Å²) in [5, 5.41) is 15.8. The fourth-order valence-electron chi connectivity index (χ4n) is 1.18. The summed E-state index contributed by atoms with van der Waals surface area (Å²) >= 11 is 0. The summed E-state index contributed by atoms with van der Waals surface area (Å²) in [7, 11) is 0. The Morgan fingerprint density at radius 3 is 2.43 bits per heavy atom. The van der Waals surface area contributed by atoms with E-state index >= 15 is 0 Å². The van der Waals surface area contributed by atoms with Gasteiger partial charge in [-0.05, 0) is 19.0 Å². The van der Waals surface area contributed by atoms with E-state index in [1.807, 2.05) is 6.20 Å². The van der Waals surface area contributed by atoms with Gasteiger partial charge in [0.05, 0.1) is 17.5 Å². The molecule has 0 atom stereocenters. The van der Waals surface area contributed by atoms with Gasteiger partial charge in [0.1, 0.15) is 0 Å². The molecule has 5 heteroatoms. The fraction of sp³-hybridized carbons (Fsp3) is 0.556. The normalized spacial score (nSPS) is 18.4. The second kappa shape index (κ2) is 6.01. The van der Waals surface area contributed by atoms with E-state index in [1.54, 1.807) is 0 Å². The molecule has 0 aliphatic carbocycles. The summed E-state index contributed by atoms with van der Waals surface area (Å²) in [6.45, 7) is 1.87. The second-order valence-corrected chi connectivity index (χ2v) is 3.10. The quantitative estimate of drug-likeness (QED) is 0.485. The van der Waals surface area contributed by atoms with Crippen LogP contribution in [0.4, 0.5) is 0 Å². The highest BCUT2D eigenvalue weighted by Gasteiger charge is 2.13. The third-order valence-electron chi connectivity index (χ3n) is 1.96. The first-order valence-corrected chi connectivity index (χ1v) is 4.76. The van der Waals surface area contributed by atoms with Crippen molar-refractivity contribution in [2.75, 3.05) is 13.1 Å². The molecule has 2 aliphatic rings. The maximum absolute atomic E-state index is 9.90. The molecule has 0 unspecified atom stereocenters. The summed E-state index contributed by atoms with van der Waals surface area (Å²) < 4.78 is 0. The Balaban J connectivity index is 0.000000146. The van der Waals surface area contributed by atoms with Crippen molar-refractivity contribution in [2.24, 2.45) is 0 Å². The van der Waals surface area contributed by atoms with Crippen molar-refractivity contribution in [3.63, 3.8) is 0 Å². The van der Waals surface area contributed by atoms with Crippen LogP contribution in [0.25, 0.3) is 0 Å². The van der Waals surface area contributed by atoms with Crippen LogP contribution in [-0.4, -0.2) is 18.0 Å². The first-order valence-electron chi connectivity index (χ1n) is 4.76. The minimum absolute atomic E-state index is 0.282. The Bertz CT molecular complexity index is 240. The van der Waals surface area contributed by atoms with Crippen LogP contribution in [0.3, 0.4) is 0 Å². The average Bonchev–Trinajstić information content (AvgIpc) is 2.74. The topological polar surface area (TPSA) is 67.2 Å². The van der Waals surface area contributed by atoms with Gasteiger partial charge in [-0.15, -0.1) is 0 Å². The molecule has 0 aromatic carbocycles. The molecule has 2 aliphatic heterocycles. The van der Waals surface area contributed by atoms with E-state index in [9.17, 15) is 10.1 Å². The first-order chi connectivity index (χ1) is 6.80. The van der Waals surface area contributed by atoms with E-state index in [4.69, 9.17) is 0 Å². The standard InChI is InChI=1S/C5H9N.C4H6N2O2/c1-2-4-6-5-3-1;7-6(8)4-1-2-5-3-4/h2,4,6H,1,3,5H2;3,5H,1-2H2. The third-order valence-corrected chi connectivity index (χ3v) is 1.96. The molecule has 2 N–H and O–H groups in total. The monoisotopic (exact) mass is 197 g/mol. The van der Waals surface area contributed by atoms with Crippen molar-refractivity contribution in [3.8, 4) is 0 Å². The molecule has 0 aromatic rings. The Kier molecular flexibility index (Phi) is 4.54. The molecule has 0 spiro atoms. The molecule has 5 nitrogen and oxygen atoms in total. The van der Waals surface area contributed by atoms with Crippen LogP contribution in [0.15, 0.2) is 24.2 Å². The zero-order valence-electron chi connectivity index (χ0n) is 8.03. The van der Waals surface area contributed by atoms with Crippen molar-refractivity contribution < 1.29 is 4.92 Å². The zero-order valence-corrected chi connectivity index (χ0v) is 8.03. The first kappa shape index (κ1) is 10.6. The van der Waals surface area contributed by atoms with Gasteiger partial charge < -0.3 is 10.6 Å². The maximum atomic E-state index is 9.90. The van der Waals surface area contributed by atoms with Crippen LogP contribution in [0.5, 0.6) is 0 Å². The predicted molar refractivity (Wildman–Crippen MR) is 54.1 cm³/mol. The Hall–Kier alpha value is -1.52. The Labute approximate surface area is 83.0 Å². The number of nitrogens with one attached hydrogen (secondary N) is 2. The second-order valence-electron chi connectivity index (χ2n) is 3.10. The highest BCUT2D eigenvalue weighted by atomic mass is 16.6. The van der Waals surface area contributed by atoms with Crippen LogP contribution in [0.1, 0.15) is 19.3 Å². The minimum atomic E-state index is -0.361. The largest absolute Gasteiger partial charge is 0.391 e. The summed E-state index contributed by atoms with van der Waals surface area (Å²) in [6, 6.07) is 0. The zero-order chi connectivity index (χ0) is 10.2. The number of hydrogen-bond acceptors (Lipinski definition) is 4. The molecule has 2 rings (SSSR count). The molecular formula is C9H15N3O2. The van der Waals surface area contributed by atoms with Gasteiger partial charge in [0, 0.05) is 13.1 Å². The molecule has 0 saturated carbocycles. The van der Waals surface area contributed by atoms with Gasteiger partial charge >= 0.3 is 0 Å². The number of hydrogen-bond donors (Lipinski definition) is 2. The van der Waals surface area contributed by atoms with E-state index in [1.165, 1.54) is 19.0 Å². The van der Waals surface area contributed by atoms with Crippen LogP contribution in [-0.2, 0) is 0 Å². The maximum Gasteiger partial charge on any atom is 0.263 e. The smallest absolute Gasteiger partial charge is 0.263 e. The Morgan fingerprint density at radius 2 is 2.21 bits per heavy atom. The molecule has 0 radical (unpaired) electrons. The molecule has 2 heterocycles. The lowest BCUT2D eigenvalue weighted by atomic mass is 10.2. The average molecular weight is 197 g/mol. The molecular weight excluding hydrogens is 182 g/mol. The van der Waals surface area contributed by atoms with Gasteiger partial charge in [0.15, 0.2) is 0 Å². The summed E-state index contributed by atoms with van der Waals surface area (Å²) in [6.07, 6.45) is 8.73. The number of nitrogens with zero attached hydrogens (tertiary/aromatic N) is 1. The lowest BCUT2D eigenvalue weighted by Crippen LogP contribution is -2.09. The predicted octanol–water partition coefficient (Wildman–Crippen LogP) is 0.981. The molecule has 0 saturated heterocycles. The number of rotatable bonds is 1. The summed E-state index contributed by atoms with van der Waals surface area (Å²) in [4.78, 5) is 9.54. The van der Waals surface area contributed by atoms with Crippen molar-refractivity contribution in [1.29, 1.82) is 0 Å². The van der Waals surface area contributed by atoms with Gasteiger partial charge in [-0.1, -0.05) is 6.08 Å². The van der Waals surface area contributed by atoms with Crippen LogP contribution < -0.4 is 10.6 Å². The van der Waals surface area contributed by atoms with Gasteiger partial charge in [-0.25, -0.2) is 0 Å². The van der Waals surface area contributed by atoms with E-state index in [0.717, 1.165) is 6.54 Å². The molecule has 0 aromatic heterocycles. The van der Waals surface area contributed by atoms with Crippen molar-refractivity contribution in [3.05, 3.63) is 34.3 Å². The minimum Gasteiger partial charge on any atom is -0.391 e. The lowest BCUT2D eigenvalue weighted by molar-refractivity contribution is -0.426. The van der Waals surface area contributed by atoms with Crippen LogP contribution in [0.2, 0.25) is 0 Å². The molecule has 14 heavy (non-hydrogen) atoms. The van der Waals surface area contributed by atoms with Gasteiger partial charge in [0.2, 0.25) is 0 Å². The SMILES string of the molecule is C1=CNCCC1.O=[N+]([O-])C1=CNCC1. The lowest BCUT2D eigenvalue weighted by Gasteiger charge is -2.02. The summed E-state index contributed by atoms with van der Waals surface area (Å²) in [5.74, 6) is 0. The van der Waals surface area contributed by atoms with Crippen molar-refractivity contribution >= 4 is 0 Å². The van der Waals surface area contributed by atoms with E-state index in [-0.39, 0.29) is 10.6 Å². The van der Waals surface area contributed by atoms with Gasteiger partial charge in [-0.3, -0.25) is 10.1 Å². The van der Waals surface area contributed by atoms with Gasteiger partial charge in [-0.2, -0.15) is 0 Å². The molecule has 78 valence electrons. The molecule has 0 fully saturated rings. The number of allylic oxidation sites excluding steroid dienone is 1. The molecule has 0 amide bonds. The van der Waals surface area contributed by atoms with E-state index in [0.29, 0.717) is 13.0 Å². The summed E-state index contributed by atoms with van der Waals surface area (Å²) in [5.41, 5.74) is 0.282. The fourth-order valence-corrected chi connectivity index (χ4v) is 1.18. The van der Waals surface area contributed by atoms with Crippen molar-refractivity contribution in [1.82, 2.24) is 10.6 Å². The van der Waals surface area contributed by atoms with E-state index in [2.05, 4.69) is 16.7 Å². The highest BCUT2D eigenvalue weighted by Crippen LogP contribution is 2.03. The van der Waals surface area contributed by atoms with Crippen LogP contribution >= 0.6 is 0 Å². The van der Waals surface area contributed by atoms with Gasteiger partial charge in [0.25, 0.3) is 5.70 Å². The van der Waals surface area contributed by atoms with Crippen LogP contribution in [0, 0.1) is 10.1 Å². The number of nitro groups is 1. The third kappa shape index (κ3) is 3.93. The van der Waals surface area contributed by atoms with E-state index < -0.39 is 0 Å². The Morgan fingerprint density at radius 1 is 1.36 bits per heavy atom.